The third-order valence-electron chi connectivity index (χ3n) is 6.07. The summed E-state index contributed by atoms with van der Waals surface area (Å²) in [6, 6.07) is 12.3. The lowest BCUT2D eigenvalue weighted by Crippen LogP contribution is -2.52. The zero-order valence-electron chi connectivity index (χ0n) is 13.2. The summed E-state index contributed by atoms with van der Waals surface area (Å²) in [5, 5.41) is 3.79. The fourth-order valence-corrected chi connectivity index (χ4v) is 5.07. The minimum absolute atomic E-state index is 0.771. The molecule has 0 amide bonds. The molecular weight excluding hydrogens is 256 g/mol. The predicted octanol–water partition coefficient (Wildman–Crippen LogP) is 3.15. The first-order valence-electron chi connectivity index (χ1n) is 8.92. The third kappa shape index (κ3) is 2.64. The van der Waals surface area contributed by atoms with Crippen molar-refractivity contribution < 1.29 is 0 Å². The zero-order valence-corrected chi connectivity index (χ0v) is 13.2. The largest absolute Gasteiger partial charge is 0.311 e. The molecular formula is C19H28N2. The summed E-state index contributed by atoms with van der Waals surface area (Å²) in [7, 11) is 0. The Morgan fingerprint density at radius 1 is 1.00 bits per heavy atom. The summed E-state index contributed by atoms with van der Waals surface area (Å²) < 4.78 is 0. The van der Waals surface area contributed by atoms with E-state index in [1.807, 2.05) is 0 Å². The van der Waals surface area contributed by atoms with Crippen molar-refractivity contribution in [2.24, 2.45) is 0 Å². The van der Waals surface area contributed by atoms with Crippen molar-refractivity contribution in [2.45, 2.75) is 76.0 Å². The molecule has 3 unspecified atom stereocenters. The number of hydrogen-bond acceptors (Lipinski definition) is 2. The number of benzene rings is 1. The van der Waals surface area contributed by atoms with Gasteiger partial charge in [0.15, 0.2) is 0 Å². The van der Waals surface area contributed by atoms with E-state index in [1.54, 1.807) is 11.1 Å². The lowest BCUT2D eigenvalue weighted by molar-refractivity contribution is 0.0914. The zero-order chi connectivity index (χ0) is 14.2. The van der Waals surface area contributed by atoms with Crippen LogP contribution in [0, 0.1) is 0 Å². The molecule has 4 rings (SSSR count). The second-order valence-electron chi connectivity index (χ2n) is 7.26. The van der Waals surface area contributed by atoms with Gasteiger partial charge in [0.05, 0.1) is 0 Å². The first-order chi connectivity index (χ1) is 10.3. The molecule has 1 aromatic rings. The van der Waals surface area contributed by atoms with Crippen molar-refractivity contribution in [1.82, 2.24) is 10.2 Å². The first-order valence-corrected chi connectivity index (χ1v) is 8.92. The van der Waals surface area contributed by atoms with Gasteiger partial charge in [0, 0.05) is 24.2 Å². The van der Waals surface area contributed by atoms with Crippen molar-refractivity contribution in [2.75, 3.05) is 6.54 Å². The van der Waals surface area contributed by atoms with E-state index in [-0.39, 0.29) is 0 Å². The van der Waals surface area contributed by atoms with Crippen molar-refractivity contribution in [3.63, 3.8) is 0 Å². The molecule has 1 N–H and O–H groups in total. The maximum absolute atomic E-state index is 3.79. The van der Waals surface area contributed by atoms with E-state index < -0.39 is 0 Å². The van der Waals surface area contributed by atoms with Gasteiger partial charge < -0.3 is 5.32 Å². The minimum Gasteiger partial charge on any atom is -0.311 e. The van der Waals surface area contributed by atoms with Crippen LogP contribution in [0.2, 0.25) is 0 Å². The molecule has 0 spiro atoms. The first kappa shape index (κ1) is 13.8. The maximum Gasteiger partial charge on any atom is 0.0142 e. The van der Waals surface area contributed by atoms with Crippen molar-refractivity contribution in [1.29, 1.82) is 0 Å². The lowest BCUT2D eigenvalue weighted by Gasteiger charge is -2.43. The number of piperidine rings is 1. The van der Waals surface area contributed by atoms with Crippen LogP contribution in [0.1, 0.15) is 50.2 Å². The monoisotopic (exact) mass is 284 g/mol. The molecule has 2 aliphatic heterocycles. The molecule has 0 radical (unpaired) electrons. The number of nitrogens with zero attached hydrogens (tertiary/aromatic N) is 1. The van der Waals surface area contributed by atoms with E-state index in [0.717, 1.165) is 24.2 Å². The van der Waals surface area contributed by atoms with E-state index in [4.69, 9.17) is 0 Å². The van der Waals surface area contributed by atoms with Gasteiger partial charge in [-0.3, -0.25) is 4.90 Å². The maximum atomic E-state index is 3.79. The quantitative estimate of drug-likeness (QED) is 0.917. The molecule has 2 bridgehead atoms. The van der Waals surface area contributed by atoms with Crippen molar-refractivity contribution >= 4 is 0 Å². The number of aryl methyl sites for hydroxylation is 1. The summed E-state index contributed by atoms with van der Waals surface area (Å²) in [4.78, 5) is 2.85. The Morgan fingerprint density at radius 2 is 1.71 bits per heavy atom. The molecule has 2 heterocycles. The second-order valence-corrected chi connectivity index (χ2v) is 7.26. The molecule has 2 heteroatoms. The van der Waals surface area contributed by atoms with Gasteiger partial charge in [0.2, 0.25) is 0 Å². The van der Waals surface area contributed by atoms with E-state index in [2.05, 4.69) is 41.4 Å². The molecule has 2 nitrogen and oxygen atoms in total. The van der Waals surface area contributed by atoms with Gasteiger partial charge in [-0.2, -0.15) is 0 Å². The van der Waals surface area contributed by atoms with Gasteiger partial charge in [0.1, 0.15) is 0 Å². The highest BCUT2D eigenvalue weighted by Gasteiger charge is 2.38. The normalized spacial score (nSPS) is 35.0. The van der Waals surface area contributed by atoms with E-state index in [0.29, 0.717) is 0 Å². The molecule has 114 valence electrons. The SMILES string of the molecule is CCN(C1CCc2ccccc2C1)C1CC2CCC(C1)N2. The summed E-state index contributed by atoms with van der Waals surface area (Å²) in [5.41, 5.74) is 3.19. The highest BCUT2D eigenvalue weighted by molar-refractivity contribution is 5.30. The summed E-state index contributed by atoms with van der Waals surface area (Å²) in [6.07, 6.45) is 9.46. The highest BCUT2D eigenvalue weighted by Crippen LogP contribution is 2.33. The summed E-state index contributed by atoms with van der Waals surface area (Å²) >= 11 is 0. The average molecular weight is 284 g/mol. The predicted molar refractivity (Wildman–Crippen MR) is 87.6 cm³/mol. The smallest absolute Gasteiger partial charge is 0.0142 e. The Balaban J connectivity index is 1.49. The van der Waals surface area contributed by atoms with Crippen LogP contribution < -0.4 is 5.32 Å². The highest BCUT2D eigenvalue weighted by atomic mass is 15.2. The average Bonchev–Trinajstić information content (AvgIpc) is 2.86. The summed E-state index contributed by atoms with van der Waals surface area (Å²) in [5.74, 6) is 0. The topological polar surface area (TPSA) is 15.3 Å². The Hall–Kier alpha value is -0.860. The van der Waals surface area contributed by atoms with Crippen LogP contribution in [-0.4, -0.2) is 35.6 Å². The van der Waals surface area contributed by atoms with E-state index in [9.17, 15) is 0 Å². The van der Waals surface area contributed by atoms with Gasteiger partial charge in [0.25, 0.3) is 0 Å². The van der Waals surface area contributed by atoms with E-state index in [1.165, 1.54) is 51.5 Å². The molecule has 3 atom stereocenters. The van der Waals surface area contributed by atoms with Gasteiger partial charge >= 0.3 is 0 Å². The number of fused-ring (bicyclic) bond motifs is 3. The second kappa shape index (κ2) is 5.73. The summed E-state index contributed by atoms with van der Waals surface area (Å²) in [6.45, 7) is 3.58. The van der Waals surface area contributed by atoms with Crippen LogP contribution in [0.4, 0.5) is 0 Å². The molecule has 0 aromatic heterocycles. The van der Waals surface area contributed by atoms with Crippen LogP contribution in [0.25, 0.3) is 0 Å². The fraction of sp³-hybridized carbons (Fsp3) is 0.684. The molecule has 3 aliphatic rings. The molecule has 21 heavy (non-hydrogen) atoms. The molecule has 2 saturated heterocycles. The Kier molecular flexibility index (Phi) is 3.76. The lowest BCUT2D eigenvalue weighted by atomic mass is 9.85. The van der Waals surface area contributed by atoms with Crippen LogP contribution in [0.5, 0.6) is 0 Å². The molecule has 1 aromatic carbocycles. The number of hydrogen-bond donors (Lipinski definition) is 1. The van der Waals surface area contributed by atoms with E-state index >= 15 is 0 Å². The van der Waals surface area contributed by atoms with Crippen LogP contribution in [0.3, 0.4) is 0 Å². The van der Waals surface area contributed by atoms with Crippen molar-refractivity contribution in [3.05, 3.63) is 35.4 Å². The Labute approximate surface area is 128 Å². The number of likely N-dealkylation sites (N-methyl/N-ethyl adjacent to an activating group) is 1. The van der Waals surface area contributed by atoms with Gasteiger partial charge in [-0.1, -0.05) is 31.2 Å². The molecule has 0 saturated carbocycles. The number of rotatable bonds is 3. The molecule has 1 aliphatic carbocycles. The van der Waals surface area contributed by atoms with Crippen LogP contribution >= 0.6 is 0 Å². The van der Waals surface area contributed by atoms with Crippen LogP contribution in [-0.2, 0) is 12.8 Å². The third-order valence-corrected chi connectivity index (χ3v) is 6.07. The van der Waals surface area contributed by atoms with Gasteiger partial charge in [-0.25, -0.2) is 0 Å². The standard InChI is InChI=1S/C19H28N2/c1-2-21(19-12-16-8-9-17(13-19)20-16)18-10-7-14-5-3-4-6-15(14)11-18/h3-6,16-20H,2,7-13H2,1H3. The Morgan fingerprint density at radius 3 is 2.43 bits per heavy atom. The molecule has 2 fully saturated rings. The minimum atomic E-state index is 0.771. The number of nitrogens with one attached hydrogen (secondary N) is 1. The Bertz CT molecular complexity index is 486. The van der Waals surface area contributed by atoms with Crippen molar-refractivity contribution in [3.8, 4) is 0 Å². The van der Waals surface area contributed by atoms with Gasteiger partial charge in [-0.05, 0) is 62.6 Å². The van der Waals surface area contributed by atoms with Gasteiger partial charge in [-0.15, -0.1) is 0 Å². The fourth-order valence-electron chi connectivity index (χ4n) is 5.07. The van der Waals surface area contributed by atoms with Crippen LogP contribution in [0.15, 0.2) is 24.3 Å².